The topological polar surface area (TPSA) is 102 Å². The highest BCUT2D eigenvalue weighted by Gasteiger charge is 2.14. The number of aryl methyl sites for hydroxylation is 2. The number of anilines is 1. The molecule has 4 N–H and O–H groups in total. The fraction of sp³-hybridized carbons (Fsp3) is 0.500. The van der Waals surface area contributed by atoms with Crippen molar-refractivity contribution < 1.29 is 19.4 Å². The van der Waals surface area contributed by atoms with Crippen LogP contribution in [0.1, 0.15) is 30.5 Å². The van der Waals surface area contributed by atoms with Gasteiger partial charge in [0, 0.05) is 5.69 Å². The summed E-state index contributed by atoms with van der Waals surface area (Å²) < 4.78 is 4.97. The minimum Gasteiger partial charge on any atom is -0.480 e. The maximum absolute atomic E-state index is 11.5. The Balaban J connectivity index is 0.000000763. The largest absolute Gasteiger partial charge is 0.480 e. The summed E-state index contributed by atoms with van der Waals surface area (Å²) >= 11 is 0. The number of carbonyl (C=O) groups excluding carboxylic acids is 1. The molecule has 124 valence electrons. The Morgan fingerprint density at radius 2 is 1.86 bits per heavy atom. The highest BCUT2D eigenvalue weighted by molar-refractivity contribution is 5.79. The number of carboxylic acids is 1. The number of benzene rings is 1. The van der Waals surface area contributed by atoms with E-state index in [0.717, 1.165) is 5.69 Å². The van der Waals surface area contributed by atoms with Crippen molar-refractivity contribution in [3.63, 3.8) is 0 Å². The van der Waals surface area contributed by atoms with Crippen molar-refractivity contribution in [1.29, 1.82) is 0 Å². The standard InChI is InChI=1S/C14H21NO2.C2H5NO2/c1-6-17-14(16)12(5)15-13-8-9(2)7-10(3)11(13)4;3-1-2(4)5/h7-8,12,15H,6H2,1-5H3;1,3H2,(H,4,5)/t12-;/m0./s1. The third-order valence-corrected chi connectivity index (χ3v) is 3.00. The summed E-state index contributed by atoms with van der Waals surface area (Å²) in [5, 5.41) is 10.8. The number of nitrogens with two attached hydrogens (primary N) is 1. The summed E-state index contributed by atoms with van der Waals surface area (Å²) in [4.78, 5) is 20.8. The van der Waals surface area contributed by atoms with Gasteiger partial charge in [0.1, 0.15) is 6.04 Å². The van der Waals surface area contributed by atoms with Crippen molar-refractivity contribution in [3.05, 3.63) is 28.8 Å². The van der Waals surface area contributed by atoms with E-state index in [-0.39, 0.29) is 18.6 Å². The van der Waals surface area contributed by atoms with Crippen LogP contribution >= 0.6 is 0 Å². The smallest absolute Gasteiger partial charge is 0.328 e. The normalized spacial score (nSPS) is 11.0. The van der Waals surface area contributed by atoms with Crippen molar-refractivity contribution in [1.82, 2.24) is 0 Å². The van der Waals surface area contributed by atoms with E-state index in [9.17, 15) is 9.59 Å². The fourth-order valence-electron chi connectivity index (χ4n) is 1.75. The van der Waals surface area contributed by atoms with Gasteiger partial charge < -0.3 is 20.9 Å². The number of carbonyl (C=O) groups is 2. The quantitative estimate of drug-likeness (QED) is 0.719. The fourth-order valence-corrected chi connectivity index (χ4v) is 1.75. The number of nitrogens with one attached hydrogen (secondary N) is 1. The Morgan fingerprint density at radius 3 is 2.32 bits per heavy atom. The zero-order valence-electron chi connectivity index (χ0n) is 13.9. The molecule has 0 saturated heterocycles. The zero-order valence-corrected chi connectivity index (χ0v) is 13.9. The molecule has 0 radical (unpaired) electrons. The van der Waals surface area contributed by atoms with Crippen LogP contribution in [0.3, 0.4) is 0 Å². The van der Waals surface area contributed by atoms with E-state index in [1.54, 1.807) is 0 Å². The van der Waals surface area contributed by atoms with Crippen molar-refractivity contribution in [2.45, 2.75) is 40.7 Å². The van der Waals surface area contributed by atoms with Gasteiger partial charge in [-0.05, 0) is 57.4 Å². The van der Waals surface area contributed by atoms with Gasteiger partial charge in [0.05, 0.1) is 13.2 Å². The molecule has 1 atom stereocenters. The second-order valence-corrected chi connectivity index (χ2v) is 4.97. The molecular formula is C16H26N2O4. The van der Waals surface area contributed by atoms with Crippen LogP contribution in [-0.2, 0) is 14.3 Å². The summed E-state index contributed by atoms with van der Waals surface area (Å²) in [5.74, 6) is -1.18. The van der Waals surface area contributed by atoms with E-state index >= 15 is 0 Å². The van der Waals surface area contributed by atoms with Crippen LogP contribution in [0.15, 0.2) is 12.1 Å². The Labute approximate surface area is 131 Å². The monoisotopic (exact) mass is 310 g/mol. The van der Waals surface area contributed by atoms with Gasteiger partial charge in [-0.1, -0.05) is 6.07 Å². The highest BCUT2D eigenvalue weighted by Crippen LogP contribution is 2.21. The molecule has 22 heavy (non-hydrogen) atoms. The van der Waals surface area contributed by atoms with Crippen LogP contribution in [0.2, 0.25) is 0 Å². The SMILES string of the molecule is CCOC(=O)[C@H](C)Nc1cc(C)cc(C)c1C.NCC(=O)O. The molecule has 0 heterocycles. The highest BCUT2D eigenvalue weighted by atomic mass is 16.5. The lowest BCUT2D eigenvalue weighted by Crippen LogP contribution is -2.28. The Kier molecular flexibility index (Phi) is 8.86. The molecule has 6 heteroatoms. The van der Waals surface area contributed by atoms with Gasteiger partial charge in [0.2, 0.25) is 0 Å². The molecule has 0 unspecified atom stereocenters. The first-order valence-corrected chi connectivity index (χ1v) is 7.15. The molecule has 1 aromatic rings. The van der Waals surface area contributed by atoms with Crippen molar-refractivity contribution in [3.8, 4) is 0 Å². The molecule has 0 aromatic heterocycles. The van der Waals surface area contributed by atoms with Crippen LogP contribution in [0, 0.1) is 20.8 Å². The van der Waals surface area contributed by atoms with Crippen LogP contribution in [0.25, 0.3) is 0 Å². The minimum atomic E-state index is -0.968. The average Bonchev–Trinajstić information content (AvgIpc) is 2.44. The van der Waals surface area contributed by atoms with Gasteiger partial charge in [-0.25, -0.2) is 4.79 Å². The van der Waals surface area contributed by atoms with E-state index in [1.165, 1.54) is 16.7 Å². The third kappa shape index (κ3) is 7.08. The Hall–Kier alpha value is -2.08. The van der Waals surface area contributed by atoms with Crippen LogP contribution in [0.5, 0.6) is 0 Å². The lowest BCUT2D eigenvalue weighted by atomic mass is 10.0. The average molecular weight is 310 g/mol. The summed E-state index contributed by atoms with van der Waals surface area (Å²) in [7, 11) is 0. The summed E-state index contributed by atoms with van der Waals surface area (Å²) in [5.41, 5.74) is 9.16. The minimum absolute atomic E-state index is 0.217. The van der Waals surface area contributed by atoms with E-state index in [0.29, 0.717) is 6.61 Å². The first-order valence-electron chi connectivity index (χ1n) is 7.15. The van der Waals surface area contributed by atoms with E-state index in [2.05, 4.69) is 37.0 Å². The van der Waals surface area contributed by atoms with Gasteiger partial charge in [-0.3, -0.25) is 4.79 Å². The van der Waals surface area contributed by atoms with Crippen LogP contribution in [0.4, 0.5) is 5.69 Å². The number of ether oxygens (including phenoxy) is 1. The van der Waals surface area contributed by atoms with E-state index < -0.39 is 5.97 Å². The van der Waals surface area contributed by atoms with Crippen LogP contribution < -0.4 is 11.1 Å². The second-order valence-electron chi connectivity index (χ2n) is 4.97. The van der Waals surface area contributed by atoms with Crippen molar-refractivity contribution in [2.24, 2.45) is 5.73 Å². The summed E-state index contributed by atoms with van der Waals surface area (Å²) in [6.07, 6.45) is 0. The maximum Gasteiger partial charge on any atom is 0.328 e. The maximum atomic E-state index is 11.5. The van der Waals surface area contributed by atoms with Gasteiger partial charge in [0.25, 0.3) is 0 Å². The molecule has 0 aliphatic heterocycles. The number of hydrogen-bond donors (Lipinski definition) is 3. The summed E-state index contributed by atoms with van der Waals surface area (Å²) in [6, 6.07) is 3.86. The molecule has 0 fully saturated rings. The predicted molar refractivity (Wildman–Crippen MR) is 87.1 cm³/mol. The number of esters is 1. The first-order chi connectivity index (χ1) is 10.2. The predicted octanol–water partition coefficient (Wildman–Crippen LogP) is 2.01. The van der Waals surface area contributed by atoms with Gasteiger partial charge >= 0.3 is 11.9 Å². The molecule has 0 aliphatic carbocycles. The first kappa shape index (κ1) is 19.9. The Morgan fingerprint density at radius 1 is 1.32 bits per heavy atom. The van der Waals surface area contributed by atoms with Gasteiger partial charge in [-0.2, -0.15) is 0 Å². The van der Waals surface area contributed by atoms with Crippen molar-refractivity contribution in [2.75, 3.05) is 18.5 Å². The number of rotatable bonds is 5. The number of aliphatic carboxylic acids is 1. The molecule has 0 amide bonds. The van der Waals surface area contributed by atoms with Gasteiger partial charge in [0.15, 0.2) is 0 Å². The lowest BCUT2D eigenvalue weighted by Gasteiger charge is -2.17. The lowest BCUT2D eigenvalue weighted by molar-refractivity contribution is -0.143. The number of carboxylic acid groups (broad SMARTS) is 1. The third-order valence-electron chi connectivity index (χ3n) is 3.00. The molecule has 0 saturated carbocycles. The van der Waals surface area contributed by atoms with Crippen LogP contribution in [-0.4, -0.2) is 36.2 Å². The number of hydrogen-bond acceptors (Lipinski definition) is 5. The molecule has 0 spiro atoms. The molecule has 6 nitrogen and oxygen atoms in total. The van der Waals surface area contributed by atoms with E-state index in [4.69, 9.17) is 9.84 Å². The van der Waals surface area contributed by atoms with Crippen molar-refractivity contribution >= 4 is 17.6 Å². The molecule has 1 rings (SSSR count). The Bertz CT molecular complexity index is 515. The molecule has 0 aliphatic rings. The molecule has 0 bridgehead atoms. The molecular weight excluding hydrogens is 284 g/mol. The molecule has 1 aromatic carbocycles. The zero-order chi connectivity index (χ0) is 17.3. The van der Waals surface area contributed by atoms with E-state index in [1.807, 2.05) is 20.8 Å². The second kappa shape index (κ2) is 9.78. The summed E-state index contributed by atoms with van der Waals surface area (Å²) in [6.45, 7) is 9.93. The van der Waals surface area contributed by atoms with Gasteiger partial charge in [-0.15, -0.1) is 0 Å².